The van der Waals surface area contributed by atoms with Gasteiger partial charge in [0.25, 0.3) is 0 Å². The molecule has 1 amide bonds. The SMILES string of the molecule is O=C(Nc1ccccc1C(F)(F)F)[C@H](Cc1ccccc1)NS(=O)(=O)c1ccc(F)cc1. The highest BCUT2D eigenvalue weighted by molar-refractivity contribution is 7.89. The van der Waals surface area contributed by atoms with E-state index in [-0.39, 0.29) is 11.3 Å². The summed E-state index contributed by atoms with van der Waals surface area (Å²) in [6.45, 7) is 0. The monoisotopic (exact) mass is 466 g/mol. The number of alkyl halides is 3. The van der Waals surface area contributed by atoms with Crippen LogP contribution in [0.1, 0.15) is 11.1 Å². The van der Waals surface area contributed by atoms with E-state index >= 15 is 0 Å². The van der Waals surface area contributed by atoms with E-state index < -0.39 is 45.2 Å². The standard InChI is InChI=1S/C22H18F4N2O3S/c23-16-10-12-17(13-11-16)32(30,31)28-20(14-15-6-2-1-3-7-15)21(29)27-19-9-5-4-8-18(19)22(24,25)26/h1-13,20,28H,14H2,(H,27,29)/t20-/m0/s1. The Labute approximate surface area is 182 Å². The van der Waals surface area contributed by atoms with Gasteiger partial charge in [0.2, 0.25) is 15.9 Å². The number of carbonyl (C=O) groups is 1. The maximum absolute atomic E-state index is 13.3. The summed E-state index contributed by atoms with van der Waals surface area (Å²) in [5.41, 5.74) is -0.976. The predicted octanol–water partition coefficient (Wildman–Crippen LogP) is 4.37. The molecule has 0 bridgehead atoms. The van der Waals surface area contributed by atoms with Gasteiger partial charge in [-0.3, -0.25) is 4.79 Å². The maximum atomic E-state index is 13.3. The molecule has 3 aromatic carbocycles. The van der Waals surface area contributed by atoms with Crippen LogP contribution in [0.5, 0.6) is 0 Å². The first kappa shape index (κ1) is 23.4. The van der Waals surface area contributed by atoms with Gasteiger partial charge in [-0.1, -0.05) is 42.5 Å². The number of halogens is 4. The molecule has 3 aromatic rings. The average Bonchev–Trinajstić information content (AvgIpc) is 2.74. The Morgan fingerprint density at radius 3 is 2.09 bits per heavy atom. The van der Waals surface area contributed by atoms with Crippen molar-refractivity contribution in [3.8, 4) is 0 Å². The molecule has 3 rings (SSSR count). The van der Waals surface area contributed by atoms with E-state index in [4.69, 9.17) is 0 Å². The number of hydrogen-bond acceptors (Lipinski definition) is 3. The van der Waals surface area contributed by atoms with Crippen LogP contribution in [0.4, 0.5) is 23.2 Å². The van der Waals surface area contributed by atoms with E-state index in [0.29, 0.717) is 5.56 Å². The van der Waals surface area contributed by atoms with Crippen molar-refractivity contribution in [2.75, 3.05) is 5.32 Å². The van der Waals surface area contributed by atoms with Gasteiger partial charge in [0.15, 0.2) is 0 Å². The minimum atomic E-state index is -4.72. The number of sulfonamides is 1. The van der Waals surface area contributed by atoms with Gasteiger partial charge in [-0.2, -0.15) is 17.9 Å². The topological polar surface area (TPSA) is 75.3 Å². The minimum absolute atomic E-state index is 0.124. The molecule has 0 aliphatic carbocycles. The number of rotatable bonds is 7. The highest BCUT2D eigenvalue weighted by atomic mass is 32.2. The van der Waals surface area contributed by atoms with E-state index in [2.05, 4.69) is 10.0 Å². The summed E-state index contributed by atoms with van der Waals surface area (Å²) in [6.07, 6.45) is -4.84. The largest absolute Gasteiger partial charge is 0.418 e. The molecular weight excluding hydrogens is 448 g/mol. The normalized spacial score (nSPS) is 12.9. The van der Waals surface area contributed by atoms with Gasteiger partial charge < -0.3 is 5.32 Å². The lowest BCUT2D eigenvalue weighted by atomic mass is 10.1. The number of amides is 1. The van der Waals surface area contributed by atoms with Crippen LogP contribution in [0.2, 0.25) is 0 Å². The molecule has 32 heavy (non-hydrogen) atoms. The zero-order valence-corrected chi connectivity index (χ0v) is 17.3. The molecule has 10 heteroatoms. The fourth-order valence-electron chi connectivity index (χ4n) is 2.97. The van der Waals surface area contributed by atoms with Crippen LogP contribution in [-0.4, -0.2) is 20.4 Å². The Bertz CT molecular complexity index is 1180. The molecule has 5 nitrogen and oxygen atoms in total. The molecule has 0 saturated carbocycles. The molecular formula is C22H18F4N2O3S. The van der Waals surface area contributed by atoms with Crippen molar-refractivity contribution in [1.82, 2.24) is 4.72 Å². The predicted molar refractivity (Wildman–Crippen MR) is 111 cm³/mol. The Morgan fingerprint density at radius 2 is 1.47 bits per heavy atom. The number of anilines is 1. The fraction of sp³-hybridized carbons (Fsp3) is 0.136. The van der Waals surface area contributed by atoms with Crippen LogP contribution >= 0.6 is 0 Å². The number of hydrogen-bond donors (Lipinski definition) is 2. The number of carbonyl (C=O) groups excluding carboxylic acids is 1. The first-order valence-electron chi connectivity index (χ1n) is 9.35. The lowest BCUT2D eigenvalue weighted by molar-refractivity contribution is -0.137. The number of nitrogens with one attached hydrogen (secondary N) is 2. The molecule has 2 N–H and O–H groups in total. The van der Waals surface area contributed by atoms with Crippen molar-refractivity contribution in [3.05, 3.63) is 95.8 Å². The molecule has 0 radical (unpaired) electrons. The Morgan fingerprint density at radius 1 is 0.875 bits per heavy atom. The van der Waals surface area contributed by atoms with Crippen LogP contribution in [0.15, 0.2) is 83.8 Å². The second-order valence-corrected chi connectivity index (χ2v) is 8.56. The molecule has 168 valence electrons. The summed E-state index contributed by atoms with van der Waals surface area (Å²) < 4.78 is 80.7. The Balaban J connectivity index is 1.91. The second kappa shape index (κ2) is 9.49. The molecule has 0 aliphatic rings. The number of benzene rings is 3. The van der Waals surface area contributed by atoms with Crippen molar-refractivity contribution in [3.63, 3.8) is 0 Å². The van der Waals surface area contributed by atoms with Crippen LogP contribution in [0, 0.1) is 5.82 Å². The summed E-state index contributed by atoms with van der Waals surface area (Å²) in [5, 5.41) is 2.17. The van der Waals surface area contributed by atoms with E-state index in [9.17, 15) is 30.8 Å². The summed E-state index contributed by atoms with van der Waals surface area (Å²) in [6, 6.07) is 15.3. The first-order valence-corrected chi connectivity index (χ1v) is 10.8. The van der Waals surface area contributed by atoms with Gasteiger partial charge in [-0.15, -0.1) is 0 Å². The van der Waals surface area contributed by atoms with Gasteiger partial charge in [0, 0.05) is 0 Å². The smallest absolute Gasteiger partial charge is 0.324 e. The maximum Gasteiger partial charge on any atom is 0.418 e. The van der Waals surface area contributed by atoms with Gasteiger partial charge in [-0.25, -0.2) is 12.8 Å². The fourth-order valence-corrected chi connectivity index (χ4v) is 4.16. The molecule has 0 saturated heterocycles. The zero-order valence-electron chi connectivity index (χ0n) is 16.4. The third-order valence-corrected chi connectivity index (χ3v) is 6.00. The lowest BCUT2D eigenvalue weighted by Crippen LogP contribution is -2.45. The average molecular weight is 466 g/mol. The molecule has 0 fully saturated rings. The van der Waals surface area contributed by atoms with Crippen molar-refractivity contribution in [1.29, 1.82) is 0 Å². The molecule has 1 atom stereocenters. The Kier molecular flexibility index (Phi) is 6.95. The van der Waals surface area contributed by atoms with Crippen LogP contribution in [0.25, 0.3) is 0 Å². The minimum Gasteiger partial charge on any atom is -0.324 e. The molecule has 0 aliphatic heterocycles. The van der Waals surface area contributed by atoms with Crippen LogP contribution < -0.4 is 10.0 Å². The van der Waals surface area contributed by atoms with Gasteiger partial charge in [0.1, 0.15) is 11.9 Å². The van der Waals surface area contributed by atoms with E-state index in [0.717, 1.165) is 36.4 Å². The Hall–Kier alpha value is -3.24. The summed E-state index contributed by atoms with van der Waals surface area (Å²) in [4.78, 5) is 12.6. The van der Waals surface area contributed by atoms with Gasteiger partial charge in [-0.05, 0) is 48.4 Å². The van der Waals surface area contributed by atoms with E-state index in [1.165, 1.54) is 12.1 Å². The summed E-state index contributed by atoms with van der Waals surface area (Å²) in [7, 11) is -4.27. The van der Waals surface area contributed by atoms with Crippen LogP contribution in [0.3, 0.4) is 0 Å². The van der Waals surface area contributed by atoms with Crippen molar-refractivity contribution in [2.45, 2.75) is 23.5 Å². The van der Waals surface area contributed by atoms with Crippen LogP contribution in [-0.2, 0) is 27.4 Å². The van der Waals surface area contributed by atoms with Crippen molar-refractivity contribution in [2.24, 2.45) is 0 Å². The van der Waals surface area contributed by atoms with Crippen molar-refractivity contribution < 1.29 is 30.8 Å². The highest BCUT2D eigenvalue weighted by Gasteiger charge is 2.34. The molecule has 0 spiro atoms. The van der Waals surface area contributed by atoms with E-state index in [1.807, 2.05) is 0 Å². The third-order valence-electron chi connectivity index (χ3n) is 4.51. The van der Waals surface area contributed by atoms with E-state index in [1.54, 1.807) is 30.3 Å². The summed E-state index contributed by atoms with van der Waals surface area (Å²) in [5.74, 6) is -1.62. The molecule has 0 aromatic heterocycles. The third kappa shape index (κ3) is 5.92. The highest BCUT2D eigenvalue weighted by Crippen LogP contribution is 2.34. The molecule has 0 unspecified atom stereocenters. The first-order chi connectivity index (χ1) is 15.1. The second-order valence-electron chi connectivity index (χ2n) is 6.85. The molecule has 0 heterocycles. The van der Waals surface area contributed by atoms with Crippen molar-refractivity contribution >= 4 is 21.6 Å². The number of para-hydroxylation sites is 1. The quantitative estimate of drug-likeness (QED) is 0.508. The lowest BCUT2D eigenvalue weighted by Gasteiger charge is -2.20. The van der Waals surface area contributed by atoms with Gasteiger partial charge >= 0.3 is 6.18 Å². The zero-order chi connectivity index (χ0) is 23.4. The summed E-state index contributed by atoms with van der Waals surface area (Å²) >= 11 is 0. The van der Waals surface area contributed by atoms with Gasteiger partial charge in [0.05, 0.1) is 16.1 Å².